The van der Waals surface area contributed by atoms with Crippen molar-refractivity contribution in [3.05, 3.63) is 35.9 Å². The quantitative estimate of drug-likeness (QED) is 0.503. The van der Waals surface area contributed by atoms with Crippen molar-refractivity contribution in [2.24, 2.45) is 5.92 Å². The minimum absolute atomic E-state index is 0. The molecule has 2 rings (SSSR count). The summed E-state index contributed by atoms with van der Waals surface area (Å²) < 4.78 is 5.51. The van der Waals surface area contributed by atoms with Crippen molar-refractivity contribution in [3.63, 3.8) is 0 Å². The molecule has 1 aliphatic rings. The van der Waals surface area contributed by atoms with E-state index in [0.717, 1.165) is 24.7 Å². The molecule has 0 spiro atoms. The smallest absolute Gasteiger partial charge is 1.00 e. The van der Waals surface area contributed by atoms with Gasteiger partial charge < -0.3 is 21.7 Å². The Kier molecular flexibility index (Phi) is 7.92. The Morgan fingerprint density at radius 2 is 2.14 bits per heavy atom. The van der Waals surface area contributed by atoms with Crippen LogP contribution in [0.2, 0.25) is 0 Å². The van der Waals surface area contributed by atoms with Crippen LogP contribution < -0.4 is 17.0 Å². The van der Waals surface area contributed by atoms with Crippen LogP contribution in [0.4, 0.5) is 0 Å². The van der Waals surface area contributed by atoms with Gasteiger partial charge in [0, 0.05) is 13.2 Å². The Labute approximate surface area is 112 Å². The van der Waals surface area contributed by atoms with Gasteiger partial charge in [-0.3, -0.25) is 0 Å². The van der Waals surface area contributed by atoms with Crippen LogP contribution in [-0.4, -0.2) is 29.7 Å². The Hall–Kier alpha value is 0.426. The first-order valence-corrected chi connectivity index (χ1v) is 4.48. The standard InChI is InChI=1S/C11H13O.BrH.Mg/c1-2-4-10(5-3-1)8-12-9-11-6-7-11;;/h1-4,11H,6-9H2;1H;/q-1;;+2/p-1. The van der Waals surface area contributed by atoms with E-state index in [0.29, 0.717) is 0 Å². The average Bonchev–Trinajstić information content (AvgIpc) is 2.90. The fraction of sp³-hybridized carbons (Fsp3) is 0.455. The van der Waals surface area contributed by atoms with Crippen molar-refractivity contribution in [3.8, 4) is 0 Å². The Balaban J connectivity index is 0.000000845. The molecular formula is C11H13BrMgO. The maximum absolute atomic E-state index is 5.51. The molecule has 0 heterocycles. The van der Waals surface area contributed by atoms with Gasteiger partial charge in [0.1, 0.15) is 0 Å². The van der Waals surface area contributed by atoms with E-state index >= 15 is 0 Å². The van der Waals surface area contributed by atoms with E-state index in [1.807, 2.05) is 24.3 Å². The van der Waals surface area contributed by atoms with Crippen molar-refractivity contribution >= 4 is 23.1 Å². The molecule has 72 valence electrons. The van der Waals surface area contributed by atoms with Crippen molar-refractivity contribution in [2.45, 2.75) is 19.4 Å². The first-order valence-electron chi connectivity index (χ1n) is 4.48. The first kappa shape index (κ1) is 14.4. The number of benzene rings is 1. The molecule has 0 atom stereocenters. The number of halogens is 1. The Morgan fingerprint density at radius 1 is 1.36 bits per heavy atom. The fourth-order valence-electron chi connectivity index (χ4n) is 1.14. The molecule has 0 aromatic heterocycles. The third-order valence-electron chi connectivity index (χ3n) is 2.08. The molecule has 0 radical (unpaired) electrons. The first-order chi connectivity index (χ1) is 5.95. The predicted molar refractivity (Wildman–Crippen MR) is 53.4 cm³/mol. The average molecular weight is 265 g/mol. The van der Waals surface area contributed by atoms with Gasteiger partial charge in [0.2, 0.25) is 0 Å². The van der Waals surface area contributed by atoms with Crippen molar-refractivity contribution in [1.29, 1.82) is 0 Å². The normalized spacial score (nSPS) is 14.0. The van der Waals surface area contributed by atoms with Crippen LogP contribution in [-0.2, 0) is 11.3 Å². The van der Waals surface area contributed by atoms with Crippen molar-refractivity contribution in [2.75, 3.05) is 6.61 Å². The van der Waals surface area contributed by atoms with Gasteiger partial charge in [0.15, 0.2) is 0 Å². The van der Waals surface area contributed by atoms with E-state index in [9.17, 15) is 0 Å². The summed E-state index contributed by atoms with van der Waals surface area (Å²) in [4.78, 5) is 0. The maximum atomic E-state index is 5.51. The molecule has 0 aliphatic heterocycles. The topological polar surface area (TPSA) is 9.23 Å². The number of hydrogen-bond donors (Lipinski definition) is 0. The van der Waals surface area contributed by atoms with Gasteiger partial charge in [-0.2, -0.15) is 30.3 Å². The van der Waals surface area contributed by atoms with E-state index < -0.39 is 0 Å². The molecule has 1 aromatic carbocycles. The van der Waals surface area contributed by atoms with Crippen LogP contribution in [0.15, 0.2) is 24.3 Å². The second-order valence-electron chi connectivity index (χ2n) is 3.35. The second-order valence-corrected chi connectivity index (χ2v) is 3.35. The molecule has 1 nitrogen and oxygen atoms in total. The summed E-state index contributed by atoms with van der Waals surface area (Å²) in [5.74, 6) is 0.855. The van der Waals surface area contributed by atoms with Gasteiger partial charge in [-0.1, -0.05) is 0 Å². The molecule has 1 aromatic rings. The fourth-order valence-corrected chi connectivity index (χ4v) is 1.14. The van der Waals surface area contributed by atoms with Crippen LogP contribution in [0.1, 0.15) is 18.4 Å². The minimum Gasteiger partial charge on any atom is -1.00 e. The monoisotopic (exact) mass is 264 g/mol. The molecule has 1 fully saturated rings. The number of hydrogen-bond acceptors (Lipinski definition) is 1. The van der Waals surface area contributed by atoms with E-state index in [-0.39, 0.29) is 40.0 Å². The maximum Gasteiger partial charge on any atom is 2.00 e. The predicted octanol–water partition coefficient (Wildman–Crippen LogP) is -0.963. The Morgan fingerprint density at radius 3 is 2.71 bits per heavy atom. The zero-order chi connectivity index (χ0) is 8.23. The van der Waals surface area contributed by atoms with Gasteiger partial charge >= 0.3 is 23.1 Å². The van der Waals surface area contributed by atoms with E-state index in [4.69, 9.17) is 4.74 Å². The molecule has 1 aliphatic carbocycles. The second kappa shape index (κ2) is 7.68. The number of rotatable bonds is 4. The van der Waals surface area contributed by atoms with Gasteiger partial charge in [0.05, 0.1) is 0 Å². The molecule has 0 amide bonds. The van der Waals surface area contributed by atoms with Gasteiger partial charge in [-0.25, -0.2) is 0 Å². The third-order valence-corrected chi connectivity index (χ3v) is 2.08. The largest absolute Gasteiger partial charge is 2.00 e. The van der Waals surface area contributed by atoms with Crippen LogP contribution in [0, 0.1) is 12.0 Å². The molecular weight excluding hydrogens is 252 g/mol. The van der Waals surface area contributed by atoms with Crippen LogP contribution in [0.3, 0.4) is 0 Å². The van der Waals surface area contributed by atoms with Crippen molar-refractivity contribution < 1.29 is 21.7 Å². The summed E-state index contributed by atoms with van der Waals surface area (Å²) in [5, 5.41) is 0. The summed E-state index contributed by atoms with van der Waals surface area (Å²) in [7, 11) is 0. The summed E-state index contributed by atoms with van der Waals surface area (Å²) in [6.07, 6.45) is 2.72. The summed E-state index contributed by atoms with van der Waals surface area (Å²) in [6, 6.07) is 11.1. The van der Waals surface area contributed by atoms with Crippen LogP contribution in [0.25, 0.3) is 0 Å². The molecule has 0 saturated heterocycles. The van der Waals surface area contributed by atoms with E-state index in [1.54, 1.807) is 0 Å². The minimum atomic E-state index is 0. The zero-order valence-corrected chi connectivity index (χ0v) is 11.2. The van der Waals surface area contributed by atoms with E-state index in [1.165, 1.54) is 12.8 Å². The molecule has 0 unspecified atom stereocenters. The molecule has 0 bridgehead atoms. The Bertz CT molecular complexity index is 236. The number of ether oxygens (including phenoxy) is 1. The van der Waals surface area contributed by atoms with Gasteiger partial charge in [-0.15, -0.1) is 5.56 Å². The van der Waals surface area contributed by atoms with Crippen LogP contribution in [0.5, 0.6) is 0 Å². The third kappa shape index (κ3) is 5.34. The SMILES string of the molecule is [Br-].[Mg+2].[c-]1ccccc1COCC1CC1. The summed E-state index contributed by atoms with van der Waals surface area (Å²) >= 11 is 0. The molecule has 1 saturated carbocycles. The molecule has 0 N–H and O–H groups in total. The van der Waals surface area contributed by atoms with Gasteiger partial charge in [-0.05, 0) is 18.8 Å². The van der Waals surface area contributed by atoms with Crippen molar-refractivity contribution in [1.82, 2.24) is 0 Å². The molecule has 3 heteroatoms. The van der Waals surface area contributed by atoms with Gasteiger partial charge in [0.25, 0.3) is 0 Å². The zero-order valence-electron chi connectivity index (χ0n) is 8.21. The van der Waals surface area contributed by atoms with E-state index in [2.05, 4.69) is 6.07 Å². The summed E-state index contributed by atoms with van der Waals surface area (Å²) in [6.45, 7) is 1.65. The van der Waals surface area contributed by atoms with Crippen LogP contribution >= 0.6 is 0 Å². The summed E-state index contributed by atoms with van der Waals surface area (Å²) in [5.41, 5.74) is 1.15. The molecule has 14 heavy (non-hydrogen) atoms.